The SMILES string of the molecule is CO[C@H]1C(=O)C[C@H](C)C[C@@H]1C. The maximum atomic E-state index is 11.3. The van der Waals surface area contributed by atoms with Crippen molar-refractivity contribution in [1.82, 2.24) is 0 Å². The van der Waals surface area contributed by atoms with Gasteiger partial charge in [-0.05, 0) is 18.3 Å². The molecule has 1 aliphatic carbocycles. The molecule has 0 unspecified atom stereocenters. The van der Waals surface area contributed by atoms with Gasteiger partial charge in [-0.2, -0.15) is 0 Å². The van der Waals surface area contributed by atoms with E-state index in [-0.39, 0.29) is 11.9 Å². The van der Waals surface area contributed by atoms with Gasteiger partial charge in [0.15, 0.2) is 5.78 Å². The number of Topliss-reactive ketones (excluding diaryl/α,β-unsaturated/α-hetero) is 1. The Bertz CT molecular complexity index is 154. The Balaban J connectivity index is 2.59. The molecule has 1 aliphatic rings. The van der Waals surface area contributed by atoms with Crippen LogP contribution in [0.3, 0.4) is 0 Å². The van der Waals surface area contributed by atoms with E-state index < -0.39 is 0 Å². The summed E-state index contributed by atoms with van der Waals surface area (Å²) in [5, 5.41) is 0. The Morgan fingerprint density at radius 1 is 1.45 bits per heavy atom. The number of methoxy groups -OCH3 is 1. The normalized spacial score (nSPS) is 39.2. The second kappa shape index (κ2) is 3.35. The minimum Gasteiger partial charge on any atom is -0.373 e. The highest BCUT2D eigenvalue weighted by molar-refractivity contribution is 5.84. The van der Waals surface area contributed by atoms with Crippen molar-refractivity contribution >= 4 is 5.78 Å². The van der Waals surface area contributed by atoms with E-state index in [4.69, 9.17) is 4.74 Å². The molecule has 0 aromatic heterocycles. The molecule has 0 heterocycles. The zero-order valence-electron chi connectivity index (χ0n) is 7.46. The first kappa shape index (κ1) is 8.72. The third kappa shape index (κ3) is 1.80. The summed E-state index contributed by atoms with van der Waals surface area (Å²) >= 11 is 0. The van der Waals surface area contributed by atoms with Gasteiger partial charge >= 0.3 is 0 Å². The van der Waals surface area contributed by atoms with E-state index in [2.05, 4.69) is 13.8 Å². The summed E-state index contributed by atoms with van der Waals surface area (Å²) in [6.07, 6.45) is 1.68. The maximum Gasteiger partial charge on any atom is 0.162 e. The summed E-state index contributed by atoms with van der Waals surface area (Å²) in [6, 6.07) is 0. The predicted octanol–water partition coefficient (Wildman–Crippen LogP) is 1.64. The Kier molecular flexibility index (Phi) is 2.66. The van der Waals surface area contributed by atoms with Crippen LogP contribution in [0, 0.1) is 11.8 Å². The van der Waals surface area contributed by atoms with E-state index in [0.717, 1.165) is 6.42 Å². The molecule has 0 saturated heterocycles. The Morgan fingerprint density at radius 2 is 2.09 bits per heavy atom. The fourth-order valence-corrected chi connectivity index (χ4v) is 1.98. The molecule has 1 rings (SSSR count). The van der Waals surface area contributed by atoms with Crippen molar-refractivity contribution in [3.8, 4) is 0 Å². The van der Waals surface area contributed by atoms with E-state index in [0.29, 0.717) is 18.3 Å². The molecule has 1 saturated carbocycles. The van der Waals surface area contributed by atoms with Gasteiger partial charge in [0.2, 0.25) is 0 Å². The van der Waals surface area contributed by atoms with Crippen LogP contribution in [0.5, 0.6) is 0 Å². The minimum atomic E-state index is -0.133. The number of ether oxygens (including phenoxy) is 1. The lowest BCUT2D eigenvalue weighted by atomic mass is 9.80. The molecule has 0 aromatic rings. The highest BCUT2D eigenvalue weighted by Gasteiger charge is 2.31. The van der Waals surface area contributed by atoms with Crippen LogP contribution in [0.25, 0.3) is 0 Å². The van der Waals surface area contributed by atoms with Gasteiger partial charge in [0, 0.05) is 13.5 Å². The van der Waals surface area contributed by atoms with Crippen LogP contribution in [0.4, 0.5) is 0 Å². The summed E-state index contributed by atoms with van der Waals surface area (Å²) in [7, 11) is 1.62. The average molecular weight is 156 g/mol. The molecule has 0 spiro atoms. The molecular formula is C9H16O2. The summed E-state index contributed by atoms with van der Waals surface area (Å²) in [4.78, 5) is 11.3. The number of hydrogen-bond acceptors (Lipinski definition) is 2. The maximum absolute atomic E-state index is 11.3. The number of carbonyl (C=O) groups excluding carboxylic acids is 1. The number of rotatable bonds is 1. The van der Waals surface area contributed by atoms with Gasteiger partial charge in [0.25, 0.3) is 0 Å². The monoisotopic (exact) mass is 156 g/mol. The largest absolute Gasteiger partial charge is 0.373 e. The molecule has 1 fully saturated rings. The van der Waals surface area contributed by atoms with Crippen LogP contribution in [0.2, 0.25) is 0 Å². The minimum absolute atomic E-state index is 0.133. The van der Waals surface area contributed by atoms with Gasteiger partial charge in [-0.1, -0.05) is 13.8 Å². The molecule has 0 aromatic carbocycles. The van der Waals surface area contributed by atoms with Crippen LogP contribution in [-0.2, 0) is 9.53 Å². The molecule has 2 heteroatoms. The van der Waals surface area contributed by atoms with Crippen LogP contribution in [0.15, 0.2) is 0 Å². The molecule has 0 amide bonds. The summed E-state index contributed by atoms with van der Waals surface area (Å²) in [5.41, 5.74) is 0. The zero-order chi connectivity index (χ0) is 8.43. The third-order valence-corrected chi connectivity index (χ3v) is 2.41. The van der Waals surface area contributed by atoms with Crippen molar-refractivity contribution in [2.24, 2.45) is 11.8 Å². The highest BCUT2D eigenvalue weighted by Crippen LogP contribution is 2.27. The molecule has 3 atom stereocenters. The van der Waals surface area contributed by atoms with Crippen molar-refractivity contribution in [1.29, 1.82) is 0 Å². The number of carbonyl (C=O) groups is 1. The van der Waals surface area contributed by atoms with Crippen molar-refractivity contribution in [3.63, 3.8) is 0 Å². The van der Waals surface area contributed by atoms with E-state index in [1.807, 2.05) is 0 Å². The zero-order valence-corrected chi connectivity index (χ0v) is 7.46. The van der Waals surface area contributed by atoms with E-state index in [1.54, 1.807) is 7.11 Å². The predicted molar refractivity (Wildman–Crippen MR) is 43.4 cm³/mol. The van der Waals surface area contributed by atoms with Crippen molar-refractivity contribution in [2.45, 2.75) is 32.8 Å². The van der Waals surface area contributed by atoms with Gasteiger partial charge in [0.05, 0.1) is 0 Å². The fraction of sp³-hybridized carbons (Fsp3) is 0.889. The first-order valence-corrected chi connectivity index (χ1v) is 4.20. The van der Waals surface area contributed by atoms with Gasteiger partial charge in [0.1, 0.15) is 6.10 Å². The molecule has 0 N–H and O–H groups in total. The standard InChI is InChI=1S/C9H16O2/c1-6-4-7(2)9(11-3)8(10)5-6/h6-7,9H,4-5H2,1-3H3/t6-,7+,9-/m1/s1. The molecule has 2 nitrogen and oxygen atoms in total. The summed E-state index contributed by atoms with van der Waals surface area (Å²) in [5.74, 6) is 1.22. The van der Waals surface area contributed by atoms with Crippen LogP contribution >= 0.6 is 0 Å². The second-order valence-electron chi connectivity index (χ2n) is 3.64. The first-order valence-electron chi connectivity index (χ1n) is 4.20. The molecule has 0 aliphatic heterocycles. The molecule has 0 bridgehead atoms. The Hall–Kier alpha value is -0.370. The van der Waals surface area contributed by atoms with Crippen molar-refractivity contribution < 1.29 is 9.53 Å². The van der Waals surface area contributed by atoms with Crippen LogP contribution in [-0.4, -0.2) is 19.0 Å². The second-order valence-corrected chi connectivity index (χ2v) is 3.64. The van der Waals surface area contributed by atoms with Gasteiger partial charge in [-0.15, -0.1) is 0 Å². The lowest BCUT2D eigenvalue weighted by Gasteiger charge is -2.29. The third-order valence-electron chi connectivity index (χ3n) is 2.41. The van der Waals surface area contributed by atoms with Crippen LogP contribution < -0.4 is 0 Å². The van der Waals surface area contributed by atoms with E-state index in [9.17, 15) is 4.79 Å². The van der Waals surface area contributed by atoms with E-state index >= 15 is 0 Å². The first-order chi connectivity index (χ1) is 5.15. The topological polar surface area (TPSA) is 26.3 Å². The van der Waals surface area contributed by atoms with Crippen molar-refractivity contribution in [3.05, 3.63) is 0 Å². The van der Waals surface area contributed by atoms with Gasteiger partial charge in [-0.3, -0.25) is 4.79 Å². The number of hydrogen-bond donors (Lipinski definition) is 0. The molecule has 64 valence electrons. The average Bonchev–Trinajstić information content (AvgIpc) is 1.85. The summed E-state index contributed by atoms with van der Waals surface area (Å²) in [6.45, 7) is 4.21. The Labute approximate surface area is 67.9 Å². The Morgan fingerprint density at radius 3 is 2.55 bits per heavy atom. The highest BCUT2D eigenvalue weighted by atomic mass is 16.5. The lowest BCUT2D eigenvalue weighted by molar-refractivity contribution is -0.136. The lowest BCUT2D eigenvalue weighted by Crippen LogP contribution is -2.36. The quantitative estimate of drug-likeness (QED) is 0.577. The van der Waals surface area contributed by atoms with Gasteiger partial charge in [-0.25, -0.2) is 0 Å². The van der Waals surface area contributed by atoms with E-state index in [1.165, 1.54) is 0 Å². The fourth-order valence-electron chi connectivity index (χ4n) is 1.98. The molecule has 11 heavy (non-hydrogen) atoms. The van der Waals surface area contributed by atoms with Crippen LogP contribution in [0.1, 0.15) is 26.7 Å². The number of ketones is 1. The van der Waals surface area contributed by atoms with Gasteiger partial charge < -0.3 is 4.74 Å². The smallest absolute Gasteiger partial charge is 0.162 e. The molecular weight excluding hydrogens is 140 g/mol. The molecule has 0 radical (unpaired) electrons. The van der Waals surface area contributed by atoms with Crippen molar-refractivity contribution in [2.75, 3.05) is 7.11 Å². The summed E-state index contributed by atoms with van der Waals surface area (Å²) < 4.78 is 5.11.